The number of carboxylic acid groups (broad SMARTS) is 1. The summed E-state index contributed by atoms with van der Waals surface area (Å²) in [7, 11) is -4.02. The van der Waals surface area contributed by atoms with Gasteiger partial charge in [-0.3, -0.25) is 0 Å². The summed E-state index contributed by atoms with van der Waals surface area (Å²) in [5.41, 5.74) is -0.488. The SMILES string of the molecule is O=C(O)C(F)(F)c1cc(Cl)c(Oc2ccc3[nH]cc(S(=O)(=O)c4ccc(F)cc4)c3c2)c(Cl)c1. The minimum atomic E-state index is -4.22. The van der Waals surface area contributed by atoms with Crippen molar-refractivity contribution in [3.05, 3.63) is 82.2 Å². The second-order valence-corrected chi connectivity index (χ2v) is 9.80. The smallest absolute Gasteiger partial charge is 0.379 e. The number of sulfone groups is 1. The quantitative estimate of drug-likeness (QED) is 0.281. The molecule has 0 spiro atoms. The van der Waals surface area contributed by atoms with E-state index in [0.29, 0.717) is 5.52 Å². The van der Waals surface area contributed by atoms with Gasteiger partial charge in [0.1, 0.15) is 11.6 Å². The van der Waals surface area contributed by atoms with Gasteiger partial charge < -0.3 is 14.8 Å². The van der Waals surface area contributed by atoms with Crippen molar-refractivity contribution in [1.82, 2.24) is 4.98 Å². The molecule has 1 heterocycles. The van der Waals surface area contributed by atoms with Crippen LogP contribution in [-0.4, -0.2) is 24.5 Å². The minimum absolute atomic E-state index is 0.0733. The molecule has 0 amide bonds. The third kappa shape index (κ3) is 4.20. The van der Waals surface area contributed by atoms with E-state index in [1.165, 1.54) is 24.4 Å². The zero-order chi connectivity index (χ0) is 24.8. The molecule has 4 rings (SSSR count). The number of fused-ring (bicyclic) bond motifs is 1. The highest BCUT2D eigenvalue weighted by Crippen LogP contribution is 2.42. The molecule has 2 N–H and O–H groups in total. The van der Waals surface area contributed by atoms with Gasteiger partial charge in [0, 0.05) is 22.7 Å². The van der Waals surface area contributed by atoms with Gasteiger partial charge in [-0.25, -0.2) is 17.6 Å². The molecule has 6 nitrogen and oxygen atoms in total. The highest BCUT2D eigenvalue weighted by molar-refractivity contribution is 7.91. The van der Waals surface area contributed by atoms with Gasteiger partial charge in [-0.05, 0) is 54.6 Å². The minimum Gasteiger partial charge on any atom is -0.477 e. The van der Waals surface area contributed by atoms with Gasteiger partial charge in [0.05, 0.1) is 19.8 Å². The first-order chi connectivity index (χ1) is 15.9. The third-order valence-corrected chi connectivity index (χ3v) is 7.25. The lowest BCUT2D eigenvalue weighted by Gasteiger charge is -2.15. The van der Waals surface area contributed by atoms with E-state index in [0.717, 1.165) is 36.4 Å². The molecular weight excluding hydrogens is 518 g/mol. The van der Waals surface area contributed by atoms with Crippen molar-refractivity contribution in [3.63, 3.8) is 0 Å². The summed E-state index contributed by atoms with van der Waals surface area (Å²) in [4.78, 5) is 13.4. The summed E-state index contributed by atoms with van der Waals surface area (Å²) < 4.78 is 72.5. The molecule has 0 bridgehead atoms. The summed E-state index contributed by atoms with van der Waals surface area (Å²) in [6, 6.07) is 10.1. The number of benzene rings is 3. The number of aliphatic carboxylic acids is 1. The van der Waals surface area contributed by atoms with Crippen LogP contribution in [-0.2, 0) is 20.6 Å². The average Bonchev–Trinajstić information content (AvgIpc) is 3.20. The fourth-order valence-corrected chi connectivity index (χ4v) is 5.17. The van der Waals surface area contributed by atoms with E-state index < -0.39 is 33.1 Å². The monoisotopic (exact) mass is 529 g/mol. The van der Waals surface area contributed by atoms with Crippen molar-refractivity contribution in [2.45, 2.75) is 15.7 Å². The molecule has 0 unspecified atom stereocenters. The van der Waals surface area contributed by atoms with Crippen LogP contribution in [0, 0.1) is 5.82 Å². The molecule has 0 aliphatic heterocycles. The molecule has 0 fully saturated rings. The number of hydrogen-bond acceptors (Lipinski definition) is 4. The molecule has 3 aromatic carbocycles. The number of hydrogen-bond donors (Lipinski definition) is 2. The lowest BCUT2D eigenvalue weighted by molar-refractivity contribution is -0.166. The van der Waals surface area contributed by atoms with Crippen LogP contribution in [0.5, 0.6) is 11.5 Å². The van der Waals surface area contributed by atoms with Gasteiger partial charge >= 0.3 is 11.9 Å². The highest BCUT2D eigenvalue weighted by Gasteiger charge is 2.42. The molecule has 0 atom stereocenters. The standard InChI is InChI=1S/C22H12Cl2F3NO5S/c23-16-7-11(22(26,27)21(29)30)8-17(24)20(16)33-13-3-6-18-15(9-13)19(10-28-18)34(31,32)14-4-1-12(25)2-5-14/h1-10,28H,(H,29,30). The van der Waals surface area contributed by atoms with Gasteiger partial charge in [-0.15, -0.1) is 0 Å². The first kappa shape index (κ1) is 23.9. The second kappa shape index (κ2) is 8.53. The van der Waals surface area contributed by atoms with Gasteiger partial charge in [0.2, 0.25) is 9.84 Å². The number of carboxylic acids is 1. The van der Waals surface area contributed by atoms with Crippen LogP contribution < -0.4 is 4.74 Å². The lowest BCUT2D eigenvalue weighted by Crippen LogP contribution is -2.25. The molecule has 0 saturated heterocycles. The van der Waals surface area contributed by atoms with Crippen molar-refractivity contribution in [2.75, 3.05) is 0 Å². The summed E-state index contributed by atoms with van der Waals surface area (Å²) in [5.74, 6) is -7.34. The fourth-order valence-electron chi connectivity index (χ4n) is 3.18. The van der Waals surface area contributed by atoms with E-state index in [-0.39, 0.29) is 36.7 Å². The molecule has 0 aliphatic carbocycles. The number of aromatic amines is 1. The Balaban J connectivity index is 1.74. The van der Waals surface area contributed by atoms with E-state index in [4.69, 9.17) is 33.0 Å². The molecule has 12 heteroatoms. The normalized spacial score (nSPS) is 12.1. The van der Waals surface area contributed by atoms with Crippen molar-refractivity contribution >= 4 is 49.9 Å². The second-order valence-electron chi connectivity index (χ2n) is 7.07. The molecule has 0 aliphatic rings. The Kier molecular flexibility index (Phi) is 6.01. The molecule has 0 saturated carbocycles. The maximum Gasteiger partial charge on any atom is 0.379 e. The Morgan fingerprint density at radius 3 is 2.21 bits per heavy atom. The first-order valence-electron chi connectivity index (χ1n) is 9.31. The van der Waals surface area contributed by atoms with Crippen LogP contribution in [0.1, 0.15) is 5.56 Å². The Morgan fingerprint density at radius 2 is 1.62 bits per heavy atom. The fraction of sp³-hybridized carbons (Fsp3) is 0.0455. The number of aromatic nitrogens is 1. The predicted octanol–water partition coefficient (Wildman–Crippen LogP) is 6.42. The first-order valence-corrected chi connectivity index (χ1v) is 11.6. The van der Waals surface area contributed by atoms with Crippen LogP contribution >= 0.6 is 23.2 Å². The number of nitrogens with one attached hydrogen (secondary N) is 1. The maximum absolute atomic E-state index is 13.8. The van der Waals surface area contributed by atoms with E-state index in [1.807, 2.05) is 0 Å². The van der Waals surface area contributed by atoms with Crippen molar-refractivity contribution in [1.29, 1.82) is 0 Å². The summed E-state index contributed by atoms with van der Waals surface area (Å²) in [5, 5.41) is 8.19. The number of halogens is 5. The van der Waals surface area contributed by atoms with Crippen LogP contribution in [0.2, 0.25) is 10.0 Å². The number of ether oxygens (including phenoxy) is 1. The largest absolute Gasteiger partial charge is 0.477 e. The maximum atomic E-state index is 13.8. The Morgan fingerprint density at radius 1 is 1.00 bits per heavy atom. The molecular formula is C22H12Cl2F3NO5S. The molecule has 1 aromatic heterocycles. The van der Waals surface area contributed by atoms with E-state index in [9.17, 15) is 26.4 Å². The highest BCUT2D eigenvalue weighted by atomic mass is 35.5. The summed E-state index contributed by atoms with van der Waals surface area (Å²) in [6.07, 6.45) is 1.27. The van der Waals surface area contributed by atoms with E-state index in [2.05, 4.69) is 4.98 Å². The van der Waals surface area contributed by atoms with Crippen molar-refractivity contribution in [2.24, 2.45) is 0 Å². The van der Waals surface area contributed by atoms with Crippen LogP contribution in [0.4, 0.5) is 13.2 Å². The van der Waals surface area contributed by atoms with Gasteiger partial charge in [-0.2, -0.15) is 8.78 Å². The molecule has 0 radical (unpaired) electrons. The van der Waals surface area contributed by atoms with Gasteiger partial charge in [0.25, 0.3) is 0 Å². The van der Waals surface area contributed by atoms with E-state index in [1.54, 1.807) is 0 Å². The summed E-state index contributed by atoms with van der Waals surface area (Å²) >= 11 is 12.0. The average molecular weight is 530 g/mol. The molecule has 4 aromatic rings. The Hall–Kier alpha value is -3.21. The number of H-pyrrole nitrogens is 1. The van der Waals surface area contributed by atoms with Gasteiger partial charge in [0.15, 0.2) is 5.75 Å². The van der Waals surface area contributed by atoms with Crippen LogP contribution in [0.15, 0.2) is 70.6 Å². The third-order valence-electron chi connectivity index (χ3n) is 4.88. The molecule has 176 valence electrons. The zero-order valence-corrected chi connectivity index (χ0v) is 19.0. The van der Waals surface area contributed by atoms with Gasteiger partial charge in [-0.1, -0.05) is 23.2 Å². The Labute approximate surface area is 200 Å². The van der Waals surface area contributed by atoms with Crippen molar-refractivity contribution in [3.8, 4) is 11.5 Å². The zero-order valence-electron chi connectivity index (χ0n) is 16.7. The van der Waals surface area contributed by atoms with Crippen molar-refractivity contribution < 1.29 is 36.2 Å². The Bertz CT molecular complexity index is 1510. The van der Waals surface area contributed by atoms with E-state index >= 15 is 0 Å². The summed E-state index contributed by atoms with van der Waals surface area (Å²) in [6.45, 7) is 0. The number of carbonyl (C=O) groups is 1. The predicted molar refractivity (Wildman–Crippen MR) is 118 cm³/mol. The topological polar surface area (TPSA) is 96.5 Å². The van der Waals surface area contributed by atoms with Crippen LogP contribution in [0.25, 0.3) is 10.9 Å². The van der Waals surface area contributed by atoms with Crippen LogP contribution in [0.3, 0.4) is 0 Å². The number of alkyl halides is 2. The molecule has 34 heavy (non-hydrogen) atoms. The number of rotatable bonds is 6. The lowest BCUT2D eigenvalue weighted by atomic mass is 10.1.